The van der Waals surface area contributed by atoms with E-state index in [4.69, 9.17) is 0 Å². The van der Waals surface area contributed by atoms with Gasteiger partial charge in [0.25, 0.3) is 0 Å². The molecular weight excluding hydrogens is 246 g/mol. The van der Waals surface area contributed by atoms with E-state index in [-0.39, 0.29) is 22.8 Å². The third kappa shape index (κ3) is 3.35. The first-order valence-electron chi connectivity index (χ1n) is 4.79. The van der Waals surface area contributed by atoms with E-state index >= 15 is 0 Å². The topological polar surface area (TPSA) is 86.5 Å². The monoisotopic (exact) mass is 257 g/mol. The first-order chi connectivity index (χ1) is 7.95. The second kappa shape index (κ2) is 5.53. The third-order valence-corrected chi connectivity index (χ3v) is 3.08. The van der Waals surface area contributed by atoms with Crippen molar-refractivity contribution in [3.05, 3.63) is 27.1 Å². The number of hydrogen-bond acceptors (Lipinski definition) is 6. The molecule has 0 N–H and O–H groups in total. The molecule has 0 radical (unpaired) electrons. The zero-order valence-electron chi connectivity index (χ0n) is 9.34. The number of methoxy groups -OCH3 is 1. The van der Waals surface area contributed by atoms with E-state index in [1.165, 1.54) is 18.6 Å². The SMILES string of the molecule is COC(=O)CC(C)C(=O)c1csc([N+](=O)[O-])c1. The van der Waals surface area contributed by atoms with Gasteiger partial charge in [-0.15, -0.1) is 0 Å². The van der Waals surface area contributed by atoms with E-state index in [2.05, 4.69) is 4.74 Å². The second-order valence-electron chi connectivity index (χ2n) is 3.48. The van der Waals surface area contributed by atoms with Crippen LogP contribution < -0.4 is 0 Å². The van der Waals surface area contributed by atoms with Gasteiger partial charge in [-0.1, -0.05) is 18.3 Å². The summed E-state index contributed by atoms with van der Waals surface area (Å²) in [6.45, 7) is 1.59. The highest BCUT2D eigenvalue weighted by atomic mass is 32.1. The van der Waals surface area contributed by atoms with E-state index in [0.717, 1.165) is 11.3 Å². The molecule has 92 valence electrons. The Morgan fingerprint density at radius 3 is 2.71 bits per heavy atom. The number of carbonyl (C=O) groups excluding carboxylic acids is 2. The van der Waals surface area contributed by atoms with Gasteiger partial charge in [-0.3, -0.25) is 19.7 Å². The highest BCUT2D eigenvalue weighted by molar-refractivity contribution is 7.13. The zero-order valence-corrected chi connectivity index (χ0v) is 10.2. The van der Waals surface area contributed by atoms with E-state index in [0.29, 0.717) is 0 Å². The van der Waals surface area contributed by atoms with Crippen LogP contribution in [-0.2, 0) is 9.53 Å². The minimum Gasteiger partial charge on any atom is -0.469 e. The van der Waals surface area contributed by atoms with Crippen LogP contribution in [0, 0.1) is 16.0 Å². The molecule has 1 aromatic heterocycles. The first kappa shape index (κ1) is 13.3. The molecule has 0 aliphatic heterocycles. The second-order valence-corrected chi connectivity index (χ2v) is 4.37. The molecule has 17 heavy (non-hydrogen) atoms. The lowest BCUT2D eigenvalue weighted by molar-refractivity contribution is -0.380. The Labute approximate surface area is 101 Å². The Morgan fingerprint density at radius 2 is 2.24 bits per heavy atom. The molecule has 0 spiro atoms. The maximum Gasteiger partial charge on any atom is 0.324 e. The van der Waals surface area contributed by atoms with Gasteiger partial charge >= 0.3 is 11.0 Å². The third-order valence-electron chi connectivity index (χ3n) is 2.20. The summed E-state index contributed by atoms with van der Waals surface area (Å²) in [4.78, 5) is 32.7. The smallest absolute Gasteiger partial charge is 0.324 e. The van der Waals surface area contributed by atoms with Gasteiger partial charge in [0.2, 0.25) is 0 Å². The van der Waals surface area contributed by atoms with Crippen LogP contribution in [0.4, 0.5) is 5.00 Å². The predicted octanol–water partition coefficient (Wildman–Crippen LogP) is 2.04. The largest absolute Gasteiger partial charge is 0.469 e. The van der Waals surface area contributed by atoms with Gasteiger partial charge in [-0.2, -0.15) is 0 Å². The molecule has 1 atom stereocenters. The van der Waals surface area contributed by atoms with Gasteiger partial charge in [0.1, 0.15) is 0 Å². The quantitative estimate of drug-likeness (QED) is 0.348. The van der Waals surface area contributed by atoms with Crippen molar-refractivity contribution in [2.45, 2.75) is 13.3 Å². The van der Waals surface area contributed by atoms with Crippen molar-refractivity contribution in [3.8, 4) is 0 Å². The van der Waals surface area contributed by atoms with Crippen LogP contribution in [0.2, 0.25) is 0 Å². The molecule has 1 aromatic rings. The molecule has 0 saturated heterocycles. The number of thiophene rings is 1. The van der Waals surface area contributed by atoms with Gasteiger partial charge in [0, 0.05) is 22.9 Å². The Balaban J connectivity index is 2.74. The van der Waals surface area contributed by atoms with E-state index in [1.807, 2.05) is 0 Å². The Kier molecular flexibility index (Phi) is 4.33. The van der Waals surface area contributed by atoms with E-state index in [1.54, 1.807) is 6.92 Å². The summed E-state index contributed by atoms with van der Waals surface area (Å²) in [5, 5.41) is 11.8. The number of esters is 1. The summed E-state index contributed by atoms with van der Waals surface area (Å²) in [7, 11) is 1.25. The molecule has 7 heteroatoms. The number of hydrogen-bond donors (Lipinski definition) is 0. The Morgan fingerprint density at radius 1 is 1.59 bits per heavy atom. The van der Waals surface area contributed by atoms with Crippen LogP contribution in [0.3, 0.4) is 0 Å². The number of Topliss-reactive ketones (excluding diaryl/α,β-unsaturated/α-hetero) is 1. The molecule has 0 aliphatic rings. The molecule has 1 heterocycles. The maximum atomic E-state index is 11.8. The predicted molar refractivity (Wildman–Crippen MR) is 61.1 cm³/mol. The number of rotatable bonds is 5. The van der Waals surface area contributed by atoms with Gasteiger partial charge < -0.3 is 4.74 Å². The molecule has 0 fully saturated rings. The Hall–Kier alpha value is -1.76. The van der Waals surface area contributed by atoms with Crippen molar-refractivity contribution < 1.29 is 19.2 Å². The summed E-state index contributed by atoms with van der Waals surface area (Å²) in [5.41, 5.74) is 0.262. The van der Waals surface area contributed by atoms with Gasteiger partial charge in [-0.25, -0.2) is 0 Å². The maximum absolute atomic E-state index is 11.8. The van der Waals surface area contributed by atoms with Gasteiger partial charge in [0.05, 0.1) is 18.5 Å². The van der Waals surface area contributed by atoms with Crippen LogP contribution in [-0.4, -0.2) is 23.8 Å². The van der Waals surface area contributed by atoms with Crippen LogP contribution in [0.25, 0.3) is 0 Å². The number of carbonyl (C=O) groups is 2. The van der Waals surface area contributed by atoms with E-state index in [9.17, 15) is 19.7 Å². The van der Waals surface area contributed by atoms with Crippen LogP contribution in [0.1, 0.15) is 23.7 Å². The van der Waals surface area contributed by atoms with Crippen LogP contribution in [0.15, 0.2) is 11.4 Å². The van der Waals surface area contributed by atoms with Gasteiger partial charge in [-0.05, 0) is 0 Å². The minimum absolute atomic E-state index is 0.0288. The number of nitro groups is 1. The lowest BCUT2D eigenvalue weighted by Crippen LogP contribution is -2.16. The molecule has 0 bridgehead atoms. The van der Waals surface area contributed by atoms with Crippen molar-refractivity contribution in [3.63, 3.8) is 0 Å². The average molecular weight is 257 g/mol. The molecule has 1 rings (SSSR count). The lowest BCUT2D eigenvalue weighted by Gasteiger charge is -2.06. The molecule has 6 nitrogen and oxygen atoms in total. The highest BCUT2D eigenvalue weighted by Gasteiger charge is 2.22. The fourth-order valence-electron chi connectivity index (χ4n) is 1.26. The number of ketones is 1. The minimum atomic E-state index is -0.549. The summed E-state index contributed by atoms with van der Waals surface area (Å²) >= 11 is 0.892. The van der Waals surface area contributed by atoms with Crippen molar-refractivity contribution in [2.75, 3.05) is 7.11 Å². The van der Waals surface area contributed by atoms with Gasteiger partial charge in [0.15, 0.2) is 5.78 Å². The van der Waals surface area contributed by atoms with Crippen molar-refractivity contribution in [1.29, 1.82) is 0 Å². The fraction of sp³-hybridized carbons (Fsp3) is 0.400. The lowest BCUT2D eigenvalue weighted by atomic mass is 9.98. The standard InChI is InChI=1S/C10H11NO5S/c1-6(3-9(12)16-2)10(13)7-4-8(11(14)15)17-5-7/h4-6H,3H2,1-2H3. The van der Waals surface area contributed by atoms with Crippen molar-refractivity contribution >= 4 is 28.1 Å². The Bertz CT molecular complexity index is 453. The van der Waals surface area contributed by atoms with E-state index < -0.39 is 16.8 Å². The molecule has 1 unspecified atom stereocenters. The average Bonchev–Trinajstić information content (AvgIpc) is 2.77. The van der Waals surface area contributed by atoms with Crippen molar-refractivity contribution in [1.82, 2.24) is 0 Å². The summed E-state index contributed by atoms with van der Waals surface area (Å²) in [5.74, 6) is -1.31. The molecular formula is C10H11NO5S. The summed E-state index contributed by atoms with van der Waals surface area (Å²) < 4.78 is 4.45. The number of nitrogens with zero attached hydrogens (tertiary/aromatic N) is 1. The molecule has 0 aromatic carbocycles. The number of ether oxygens (including phenoxy) is 1. The molecule has 0 aliphatic carbocycles. The zero-order chi connectivity index (χ0) is 13.0. The molecule has 0 saturated carbocycles. The normalized spacial score (nSPS) is 11.9. The summed E-state index contributed by atoms with van der Waals surface area (Å²) in [6, 6.07) is 1.22. The molecule has 0 amide bonds. The van der Waals surface area contributed by atoms with Crippen LogP contribution in [0.5, 0.6) is 0 Å². The van der Waals surface area contributed by atoms with Crippen molar-refractivity contribution in [2.24, 2.45) is 5.92 Å². The summed E-state index contributed by atoms with van der Waals surface area (Å²) in [6.07, 6.45) is -0.0288. The van der Waals surface area contributed by atoms with Crippen LogP contribution >= 0.6 is 11.3 Å². The first-order valence-corrected chi connectivity index (χ1v) is 5.67. The highest BCUT2D eigenvalue weighted by Crippen LogP contribution is 2.25. The fourth-order valence-corrected chi connectivity index (χ4v) is 1.97.